The molecule has 0 radical (unpaired) electrons. The number of thiocarbonyl (C=S) groups is 1. The fraction of sp³-hybridized carbons (Fsp3) is 0.750. The van der Waals surface area contributed by atoms with Crippen LogP contribution in [0.15, 0.2) is 0 Å². The molecule has 5 nitrogen and oxygen atoms in total. The second-order valence-corrected chi connectivity index (χ2v) is 4.89. The average Bonchev–Trinajstić information content (AvgIpc) is 2.30. The van der Waals surface area contributed by atoms with Crippen LogP contribution in [-0.2, 0) is 9.59 Å². The first-order valence-corrected chi connectivity index (χ1v) is 6.51. The van der Waals surface area contributed by atoms with Crippen LogP contribution in [0.5, 0.6) is 0 Å². The van der Waals surface area contributed by atoms with E-state index < -0.39 is 5.41 Å². The van der Waals surface area contributed by atoms with E-state index in [9.17, 15) is 9.59 Å². The van der Waals surface area contributed by atoms with Crippen LogP contribution >= 0.6 is 12.2 Å². The second-order valence-electron chi connectivity index (χ2n) is 4.45. The summed E-state index contributed by atoms with van der Waals surface area (Å²) in [4.78, 5) is 25.2. The molecule has 3 N–H and O–H groups in total. The van der Waals surface area contributed by atoms with Gasteiger partial charge in [0.15, 0.2) is 0 Å². The minimum Gasteiger partial charge on any atom is -0.392 e. The van der Waals surface area contributed by atoms with E-state index in [1.807, 2.05) is 13.8 Å². The molecule has 0 aliphatic rings. The molecule has 0 aromatic rings. The highest BCUT2D eigenvalue weighted by Crippen LogP contribution is 2.27. The Kier molecular flexibility index (Phi) is 6.83. The van der Waals surface area contributed by atoms with Crippen molar-refractivity contribution in [2.24, 2.45) is 11.1 Å². The van der Waals surface area contributed by atoms with Gasteiger partial charge in [-0.2, -0.15) is 0 Å². The molecule has 0 unspecified atom stereocenters. The molecule has 0 aliphatic carbocycles. The smallest absolute Gasteiger partial charge is 0.233 e. The number of carbonyl (C=O) groups is 2. The highest BCUT2D eigenvalue weighted by Gasteiger charge is 2.37. The molecule has 104 valence electrons. The first kappa shape index (κ1) is 16.8. The van der Waals surface area contributed by atoms with Crippen LogP contribution in [0.25, 0.3) is 0 Å². The summed E-state index contributed by atoms with van der Waals surface area (Å²) < 4.78 is 0. The Morgan fingerprint density at radius 2 is 1.78 bits per heavy atom. The van der Waals surface area contributed by atoms with Crippen molar-refractivity contribution in [3.8, 4) is 0 Å². The third-order valence-corrected chi connectivity index (χ3v) is 3.63. The Morgan fingerprint density at radius 1 is 1.28 bits per heavy atom. The molecule has 6 heteroatoms. The van der Waals surface area contributed by atoms with Gasteiger partial charge in [-0.3, -0.25) is 9.59 Å². The average molecular weight is 273 g/mol. The molecule has 0 atom stereocenters. The first-order chi connectivity index (χ1) is 8.31. The molecule has 0 fully saturated rings. The SMILES string of the molecule is CCC(CC)(C(=O)NCCC(=O)N(C)C)C(N)=S. The predicted molar refractivity (Wildman–Crippen MR) is 76.1 cm³/mol. The summed E-state index contributed by atoms with van der Waals surface area (Å²) in [5, 5.41) is 2.74. The zero-order chi connectivity index (χ0) is 14.3. The van der Waals surface area contributed by atoms with Crippen LogP contribution in [0.4, 0.5) is 0 Å². The Morgan fingerprint density at radius 3 is 2.11 bits per heavy atom. The van der Waals surface area contributed by atoms with Crippen LogP contribution in [0.1, 0.15) is 33.1 Å². The largest absolute Gasteiger partial charge is 0.392 e. The number of rotatable bonds is 7. The summed E-state index contributed by atoms with van der Waals surface area (Å²) in [6, 6.07) is 0. The number of hydrogen-bond acceptors (Lipinski definition) is 3. The minimum absolute atomic E-state index is 0.0239. The van der Waals surface area contributed by atoms with Crippen LogP contribution in [0, 0.1) is 5.41 Å². The number of carbonyl (C=O) groups excluding carboxylic acids is 2. The van der Waals surface area contributed by atoms with Crippen LogP contribution in [-0.4, -0.2) is 42.3 Å². The molecule has 0 saturated heterocycles. The monoisotopic (exact) mass is 273 g/mol. The van der Waals surface area contributed by atoms with E-state index in [0.29, 0.717) is 19.4 Å². The van der Waals surface area contributed by atoms with Crippen LogP contribution < -0.4 is 11.1 Å². The summed E-state index contributed by atoms with van der Waals surface area (Å²) in [6.45, 7) is 4.07. The van der Waals surface area contributed by atoms with Gasteiger partial charge in [-0.15, -0.1) is 0 Å². The van der Waals surface area contributed by atoms with Crippen molar-refractivity contribution in [3.63, 3.8) is 0 Å². The van der Waals surface area contributed by atoms with E-state index in [2.05, 4.69) is 5.32 Å². The second kappa shape index (κ2) is 7.31. The normalized spacial score (nSPS) is 10.9. The quantitative estimate of drug-likeness (QED) is 0.669. The van der Waals surface area contributed by atoms with Crippen molar-refractivity contribution in [2.75, 3.05) is 20.6 Å². The minimum atomic E-state index is -0.795. The lowest BCUT2D eigenvalue weighted by Crippen LogP contribution is -2.48. The highest BCUT2D eigenvalue weighted by atomic mass is 32.1. The van der Waals surface area contributed by atoms with Crippen molar-refractivity contribution in [2.45, 2.75) is 33.1 Å². The molecule has 0 heterocycles. The summed E-state index contributed by atoms with van der Waals surface area (Å²) in [5.41, 5.74) is 4.87. The molecule has 2 amide bonds. The van der Waals surface area contributed by atoms with Crippen molar-refractivity contribution in [1.29, 1.82) is 0 Å². The first-order valence-electron chi connectivity index (χ1n) is 6.10. The summed E-state index contributed by atoms with van der Waals surface area (Å²) >= 11 is 4.99. The molecule has 0 saturated carbocycles. The van der Waals surface area contributed by atoms with Gasteiger partial charge in [0.2, 0.25) is 11.8 Å². The van der Waals surface area contributed by atoms with Crippen molar-refractivity contribution < 1.29 is 9.59 Å². The van der Waals surface area contributed by atoms with E-state index in [0.717, 1.165) is 0 Å². The lowest BCUT2D eigenvalue weighted by atomic mass is 9.81. The highest BCUT2D eigenvalue weighted by molar-refractivity contribution is 7.80. The van der Waals surface area contributed by atoms with E-state index in [1.54, 1.807) is 14.1 Å². The Bertz CT molecular complexity index is 325. The van der Waals surface area contributed by atoms with Crippen molar-refractivity contribution in [1.82, 2.24) is 10.2 Å². The Hall–Kier alpha value is -1.17. The number of nitrogens with two attached hydrogens (primary N) is 1. The van der Waals surface area contributed by atoms with Gasteiger partial charge in [-0.1, -0.05) is 26.1 Å². The molecular weight excluding hydrogens is 250 g/mol. The van der Waals surface area contributed by atoms with E-state index in [-0.39, 0.29) is 23.2 Å². The number of nitrogens with zero attached hydrogens (tertiary/aromatic N) is 1. The van der Waals surface area contributed by atoms with Gasteiger partial charge >= 0.3 is 0 Å². The Labute approximate surface area is 114 Å². The van der Waals surface area contributed by atoms with E-state index in [4.69, 9.17) is 18.0 Å². The maximum absolute atomic E-state index is 12.1. The lowest BCUT2D eigenvalue weighted by molar-refractivity contribution is -0.129. The lowest BCUT2D eigenvalue weighted by Gasteiger charge is -2.28. The van der Waals surface area contributed by atoms with Crippen LogP contribution in [0.3, 0.4) is 0 Å². The third kappa shape index (κ3) is 3.94. The van der Waals surface area contributed by atoms with Gasteiger partial charge in [0.25, 0.3) is 0 Å². The maximum Gasteiger partial charge on any atom is 0.233 e. The molecule has 0 aliphatic heterocycles. The summed E-state index contributed by atoms with van der Waals surface area (Å²) in [7, 11) is 3.36. The van der Waals surface area contributed by atoms with Crippen molar-refractivity contribution in [3.05, 3.63) is 0 Å². The zero-order valence-corrected chi connectivity index (χ0v) is 12.4. The molecule has 0 spiro atoms. The van der Waals surface area contributed by atoms with Gasteiger partial charge in [-0.25, -0.2) is 0 Å². The standard InChI is InChI=1S/C12H23N3O2S/c1-5-12(6-2,10(13)18)11(17)14-8-7-9(16)15(3)4/h5-8H2,1-4H3,(H2,13,18)(H,14,17). The van der Waals surface area contributed by atoms with E-state index in [1.165, 1.54) is 4.90 Å². The molecule has 0 rings (SSSR count). The molecule has 0 bridgehead atoms. The van der Waals surface area contributed by atoms with Gasteiger partial charge < -0.3 is 16.0 Å². The maximum atomic E-state index is 12.1. The summed E-state index contributed by atoms with van der Waals surface area (Å²) in [6.07, 6.45) is 1.40. The molecule has 0 aromatic carbocycles. The fourth-order valence-electron chi connectivity index (χ4n) is 1.71. The van der Waals surface area contributed by atoms with Gasteiger partial charge in [-0.05, 0) is 12.8 Å². The molecule has 0 aromatic heterocycles. The topological polar surface area (TPSA) is 75.4 Å². The zero-order valence-electron chi connectivity index (χ0n) is 11.6. The predicted octanol–water partition coefficient (Wildman–Crippen LogP) is 0.673. The molecular formula is C12H23N3O2S. The summed E-state index contributed by atoms with van der Waals surface area (Å²) in [5.74, 6) is -0.212. The van der Waals surface area contributed by atoms with E-state index >= 15 is 0 Å². The van der Waals surface area contributed by atoms with Crippen LogP contribution in [0.2, 0.25) is 0 Å². The van der Waals surface area contributed by atoms with Gasteiger partial charge in [0, 0.05) is 27.1 Å². The number of nitrogens with one attached hydrogen (secondary N) is 1. The third-order valence-electron chi connectivity index (χ3n) is 3.24. The molecule has 18 heavy (non-hydrogen) atoms. The number of hydrogen-bond donors (Lipinski definition) is 2. The fourth-order valence-corrected chi connectivity index (χ4v) is 2.09. The van der Waals surface area contributed by atoms with Gasteiger partial charge in [0.1, 0.15) is 0 Å². The van der Waals surface area contributed by atoms with Gasteiger partial charge in [0.05, 0.1) is 10.4 Å². The Balaban J connectivity index is 4.47. The number of amides is 2. The van der Waals surface area contributed by atoms with Crippen molar-refractivity contribution >= 4 is 29.0 Å².